The van der Waals surface area contributed by atoms with Crippen molar-refractivity contribution in [3.63, 3.8) is 0 Å². The molecule has 0 spiro atoms. The fraction of sp³-hybridized carbons (Fsp3) is 0.714. The zero-order valence-electron chi connectivity index (χ0n) is 11.1. The fourth-order valence-corrected chi connectivity index (χ4v) is 1.96. The van der Waals surface area contributed by atoms with Gasteiger partial charge in [-0.25, -0.2) is 9.97 Å². The van der Waals surface area contributed by atoms with Gasteiger partial charge in [0.25, 0.3) is 0 Å². The van der Waals surface area contributed by atoms with Crippen LogP contribution in [0.5, 0.6) is 5.75 Å². The minimum Gasteiger partial charge on any atom is -0.490 e. The van der Waals surface area contributed by atoms with E-state index in [1.807, 2.05) is 12.4 Å². The molecule has 1 fully saturated rings. The largest absolute Gasteiger partial charge is 0.490 e. The summed E-state index contributed by atoms with van der Waals surface area (Å²) in [6.07, 6.45) is 8.31. The molecule has 0 unspecified atom stereocenters. The smallest absolute Gasteiger partial charge is 0.155 e. The lowest BCUT2D eigenvalue weighted by Gasteiger charge is -2.11. The van der Waals surface area contributed by atoms with E-state index < -0.39 is 0 Å². The molecule has 0 radical (unpaired) electrons. The Morgan fingerprint density at radius 1 is 1.29 bits per heavy atom. The quantitative estimate of drug-likeness (QED) is 0.757. The van der Waals surface area contributed by atoms with Gasteiger partial charge in [0.05, 0.1) is 19.0 Å². The van der Waals surface area contributed by atoms with Gasteiger partial charge in [0.2, 0.25) is 0 Å². The topological polar surface area (TPSA) is 35.0 Å². The minimum absolute atomic E-state index is 0.288. The van der Waals surface area contributed by atoms with E-state index >= 15 is 0 Å². The second-order valence-corrected chi connectivity index (χ2v) is 5.41. The van der Waals surface area contributed by atoms with Crippen molar-refractivity contribution in [3.05, 3.63) is 18.2 Å². The van der Waals surface area contributed by atoms with Crippen molar-refractivity contribution in [2.45, 2.75) is 51.9 Å². The summed E-state index contributed by atoms with van der Waals surface area (Å²) in [5.41, 5.74) is 0.288. The highest BCUT2D eigenvalue weighted by Crippen LogP contribution is 2.49. The van der Waals surface area contributed by atoms with E-state index in [0.29, 0.717) is 5.92 Å². The Balaban J connectivity index is 1.90. The van der Waals surface area contributed by atoms with Gasteiger partial charge < -0.3 is 4.74 Å². The molecular weight excluding hydrogens is 212 g/mol. The van der Waals surface area contributed by atoms with Crippen molar-refractivity contribution >= 4 is 0 Å². The first-order valence-corrected chi connectivity index (χ1v) is 6.61. The predicted molar refractivity (Wildman–Crippen MR) is 68.2 cm³/mol. The van der Waals surface area contributed by atoms with Gasteiger partial charge in [-0.1, -0.05) is 20.8 Å². The van der Waals surface area contributed by atoms with Crippen LogP contribution in [0.3, 0.4) is 0 Å². The van der Waals surface area contributed by atoms with E-state index in [1.54, 1.807) is 0 Å². The van der Waals surface area contributed by atoms with Crippen LogP contribution in [0.25, 0.3) is 0 Å². The fourth-order valence-electron chi connectivity index (χ4n) is 1.96. The molecule has 0 saturated heterocycles. The van der Waals surface area contributed by atoms with Crippen LogP contribution in [0.4, 0.5) is 0 Å². The highest BCUT2D eigenvalue weighted by molar-refractivity contribution is 5.21. The summed E-state index contributed by atoms with van der Waals surface area (Å²) in [4.78, 5) is 8.89. The van der Waals surface area contributed by atoms with Crippen molar-refractivity contribution in [1.29, 1.82) is 0 Å². The van der Waals surface area contributed by atoms with Gasteiger partial charge in [-0.15, -0.1) is 0 Å². The van der Waals surface area contributed by atoms with E-state index in [0.717, 1.165) is 31.0 Å². The molecule has 1 aromatic heterocycles. The molecule has 3 heteroatoms. The number of hydrogen-bond donors (Lipinski definition) is 0. The molecule has 0 aliphatic heterocycles. The van der Waals surface area contributed by atoms with Gasteiger partial charge in [-0.05, 0) is 31.6 Å². The molecule has 0 atom stereocenters. The van der Waals surface area contributed by atoms with Crippen LogP contribution < -0.4 is 4.74 Å². The Hall–Kier alpha value is -1.12. The molecule has 1 heterocycles. The van der Waals surface area contributed by atoms with Crippen molar-refractivity contribution in [2.75, 3.05) is 6.61 Å². The lowest BCUT2D eigenvalue weighted by molar-refractivity contribution is 0.287. The molecular formula is C14H22N2O. The third kappa shape index (κ3) is 2.96. The summed E-state index contributed by atoms with van der Waals surface area (Å²) >= 11 is 0. The van der Waals surface area contributed by atoms with Crippen LogP contribution in [0.2, 0.25) is 0 Å². The number of hydrogen-bond acceptors (Lipinski definition) is 3. The third-order valence-corrected chi connectivity index (χ3v) is 3.60. The second-order valence-electron chi connectivity index (χ2n) is 5.41. The first-order chi connectivity index (χ1) is 8.16. The third-order valence-electron chi connectivity index (χ3n) is 3.60. The monoisotopic (exact) mass is 234 g/mol. The van der Waals surface area contributed by atoms with Gasteiger partial charge in [-0.3, -0.25) is 0 Å². The van der Waals surface area contributed by atoms with Crippen LogP contribution >= 0.6 is 0 Å². The van der Waals surface area contributed by atoms with E-state index in [9.17, 15) is 0 Å². The summed E-state index contributed by atoms with van der Waals surface area (Å²) < 4.78 is 5.61. The first-order valence-electron chi connectivity index (χ1n) is 6.61. The van der Waals surface area contributed by atoms with E-state index in [-0.39, 0.29) is 5.41 Å². The summed E-state index contributed by atoms with van der Waals surface area (Å²) in [5, 5.41) is 0. The van der Waals surface area contributed by atoms with Gasteiger partial charge in [0.15, 0.2) is 5.75 Å². The highest BCUT2D eigenvalue weighted by atomic mass is 16.5. The molecule has 1 aliphatic carbocycles. The Bertz CT molecular complexity index is 355. The molecule has 0 amide bonds. The molecule has 94 valence electrons. The molecule has 0 aromatic carbocycles. The average Bonchev–Trinajstić information content (AvgIpc) is 3.10. The Kier molecular flexibility index (Phi) is 3.65. The normalized spacial score (nSPS) is 17.2. The molecule has 1 aliphatic rings. The zero-order chi connectivity index (χ0) is 12.3. The molecule has 2 rings (SSSR count). The number of ether oxygens (including phenoxy) is 1. The predicted octanol–water partition coefficient (Wildman–Crippen LogP) is 3.34. The van der Waals surface area contributed by atoms with Crippen LogP contribution in [0.15, 0.2) is 12.4 Å². The summed E-state index contributed by atoms with van der Waals surface area (Å²) in [5.74, 6) is 2.46. The second kappa shape index (κ2) is 5.03. The van der Waals surface area contributed by atoms with Crippen LogP contribution in [-0.4, -0.2) is 16.6 Å². The molecule has 1 saturated carbocycles. The lowest BCUT2D eigenvalue weighted by Crippen LogP contribution is -2.10. The van der Waals surface area contributed by atoms with Crippen molar-refractivity contribution in [1.82, 2.24) is 9.97 Å². The van der Waals surface area contributed by atoms with E-state index in [2.05, 4.69) is 30.7 Å². The maximum absolute atomic E-state index is 5.61. The number of nitrogens with zero attached hydrogens (tertiary/aromatic N) is 2. The van der Waals surface area contributed by atoms with Gasteiger partial charge in [0, 0.05) is 5.41 Å². The summed E-state index contributed by atoms with van der Waals surface area (Å²) in [6, 6.07) is 0. The minimum atomic E-state index is 0.288. The number of aromatic nitrogens is 2. The zero-order valence-corrected chi connectivity index (χ0v) is 11.1. The van der Waals surface area contributed by atoms with Crippen LogP contribution in [0, 0.1) is 5.92 Å². The van der Waals surface area contributed by atoms with Gasteiger partial charge in [-0.2, -0.15) is 0 Å². The van der Waals surface area contributed by atoms with Gasteiger partial charge in [0.1, 0.15) is 5.82 Å². The average molecular weight is 234 g/mol. The molecule has 3 nitrogen and oxygen atoms in total. The maximum Gasteiger partial charge on any atom is 0.155 e. The van der Waals surface area contributed by atoms with Crippen LogP contribution in [-0.2, 0) is 5.41 Å². The molecule has 0 bridgehead atoms. The van der Waals surface area contributed by atoms with Crippen molar-refractivity contribution in [2.24, 2.45) is 5.92 Å². The highest BCUT2D eigenvalue weighted by Gasteiger charge is 2.45. The van der Waals surface area contributed by atoms with E-state index in [4.69, 9.17) is 4.74 Å². The summed E-state index contributed by atoms with van der Waals surface area (Å²) in [6.45, 7) is 7.35. The number of rotatable bonds is 6. The molecule has 0 N–H and O–H groups in total. The maximum atomic E-state index is 5.61. The summed E-state index contributed by atoms with van der Waals surface area (Å²) in [7, 11) is 0. The molecule has 17 heavy (non-hydrogen) atoms. The molecule has 1 aromatic rings. The lowest BCUT2D eigenvalue weighted by atomic mass is 10.0. The van der Waals surface area contributed by atoms with Gasteiger partial charge >= 0.3 is 0 Å². The Morgan fingerprint density at radius 2 is 1.94 bits per heavy atom. The standard InChI is InChI=1S/C14H22N2O/c1-4-14(6-7-14)13-15-9-12(10-16-13)17-8-5-11(2)3/h9-11H,4-8H2,1-3H3. The first kappa shape index (κ1) is 12.3. The van der Waals surface area contributed by atoms with Crippen LogP contribution in [0.1, 0.15) is 52.3 Å². The van der Waals surface area contributed by atoms with Crippen molar-refractivity contribution < 1.29 is 4.74 Å². The van der Waals surface area contributed by atoms with Crippen molar-refractivity contribution in [3.8, 4) is 5.75 Å². The Morgan fingerprint density at radius 3 is 2.41 bits per heavy atom. The SMILES string of the molecule is CCC1(c2ncc(OCCC(C)C)cn2)CC1. The Labute approximate surface area is 104 Å². The van der Waals surface area contributed by atoms with E-state index in [1.165, 1.54) is 12.8 Å².